The average Bonchev–Trinajstić information content (AvgIpc) is 3.17. The molecule has 2 aromatic carbocycles. The van der Waals surface area contributed by atoms with Gasteiger partial charge in [-0.25, -0.2) is 0 Å². The molecule has 11 heteroatoms. The first kappa shape index (κ1) is 34.8. The number of benzene rings is 2. The van der Waals surface area contributed by atoms with E-state index < -0.39 is 23.1 Å². The Bertz CT molecular complexity index is 1300. The third-order valence-electron chi connectivity index (χ3n) is 8.82. The van der Waals surface area contributed by atoms with Crippen LogP contribution >= 0.6 is 0 Å². The molecule has 7 nitrogen and oxygen atoms in total. The van der Waals surface area contributed by atoms with E-state index in [0.717, 1.165) is 24.8 Å². The number of anilines is 1. The van der Waals surface area contributed by atoms with E-state index >= 15 is 0 Å². The fraction of sp³-hybridized carbons (Fsp3) is 0.500. The number of fused-ring (bicyclic) bond motifs is 1. The monoisotopic (exact) mass is 613 g/mol. The molecule has 227 valence electrons. The predicted octanol–water partition coefficient (Wildman–Crippen LogP) is 6.35. The molecule has 0 aromatic heterocycles. The Hall–Kier alpha value is -2.37. The molecule has 0 unspecified atom stereocenters. The summed E-state index contributed by atoms with van der Waals surface area (Å²) in [5, 5.41) is 3.47. The predicted molar refractivity (Wildman–Crippen MR) is 155 cm³/mol. The molecule has 2 aliphatic carbocycles. The summed E-state index contributed by atoms with van der Waals surface area (Å²) in [4.78, 5) is 19.3. The van der Waals surface area contributed by atoms with Crippen molar-refractivity contribution in [1.82, 2.24) is 11.5 Å². The molecule has 0 saturated heterocycles. The molecule has 6 N–H and O–H groups in total. The van der Waals surface area contributed by atoms with Crippen molar-refractivity contribution in [3.63, 3.8) is 0 Å². The number of amides is 1. The molecule has 1 heterocycles. The van der Waals surface area contributed by atoms with Gasteiger partial charge in [0.15, 0.2) is 0 Å². The van der Waals surface area contributed by atoms with Crippen LogP contribution < -0.4 is 22.1 Å². The van der Waals surface area contributed by atoms with Crippen molar-refractivity contribution in [2.24, 2.45) is 10.7 Å². The molecule has 1 aliphatic heterocycles. The summed E-state index contributed by atoms with van der Waals surface area (Å²) in [5.74, 6) is 0.0470. The molecule has 0 bridgehead atoms. The zero-order chi connectivity index (χ0) is 27.5. The number of amidine groups is 1. The van der Waals surface area contributed by atoms with Crippen LogP contribution in [0.3, 0.4) is 0 Å². The number of hydrogen-bond acceptors (Lipinski definition) is 5. The van der Waals surface area contributed by atoms with E-state index in [0.29, 0.717) is 29.9 Å². The van der Waals surface area contributed by atoms with Crippen molar-refractivity contribution >= 4 is 17.4 Å². The van der Waals surface area contributed by atoms with Crippen molar-refractivity contribution in [3.05, 3.63) is 71.6 Å². The van der Waals surface area contributed by atoms with Crippen molar-refractivity contribution in [2.45, 2.75) is 81.8 Å². The van der Waals surface area contributed by atoms with E-state index in [1.807, 2.05) is 25.1 Å². The van der Waals surface area contributed by atoms with E-state index in [9.17, 15) is 18.0 Å². The van der Waals surface area contributed by atoms with Crippen molar-refractivity contribution in [3.8, 4) is 0 Å². The number of carbonyl (C=O) groups excluding carboxylic acids is 1. The molecular formula is C30H43F3N5O2V-. The first-order valence-electron chi connectivity index (χ1n) is 13.1. The van der Waals surface area contributed by atoms with Gasteiger partial charge in [-0.3, -0.25) is 9.79 Å². The summed E-state index contributed by atoms with van der Waals surface area (Å²) in [6.07, 6.45) is -0.165. The quantitative estimate of drug-likeness (QED) is 0.191. The molecule has 1 atom stereocenters. The second-order valence-electron chi connectivity index (χ2n) is 11.3. The second-order valence-corrected chi connectivity index (χ2v) is 11.3. The van der Waals surface area contributed by atoms with E-state index in [1.54, 1.807) is 26.3 Å². The Kier molecular flexibility index (Phi) is 10.6. The van der Waals surface area contributed by atoms with Crippen molar-refractivity contribution in [2.75, 3.05) is 19.1 Å². The number of rotatable bonds is 7. The zero-order valence-corrected chi connectivity index (χ0v) is 25.8. The van der Waals surface area contributed by atoms with Crippen LogP contribution in [0.2, 0.25) is 0 Å². The number of nitrogens with one attached hydrogen (secondary N) is 1. The number of nitrogens with zero attached hydrogens (tertiary/aromatic N) is 2. The number of halogens is 3. The second kappa shape index (κ2) is 12.5. The minimum absolute atomic E-state index is 0. The third-order valence-corrected chi connectivity index (χ3v) is 8.82. The van der Waals surface area contributed by atoms with Crippen LogP contribution in [-0.2, 0) is 41.4 Å². The summed E-state index contributed by atoms with van der Waals surface area (Å²) in [6, 6.07) is 9.86. The number of ether oxygens (including phenoxy) is 1. The van der Waals surface area contributed by atoms with Gasteiger partial charge >= 0.3 is 6.18 Å². The van der Waals surface area contributed by atoms with E-state index in [-0.39, 0.29) is 68.9 Å². The van der Waals surface area contributed by atoms with Crippen molar-refractivity contribution in [1.29, 1.82) is 0 Å². The Labute approximate surface area is 254 Å². The fourth-order valence-corrected chi connectivity index (χ4v) is 6.26. The maximum Gasteiger partial charge on any atom is 0.416 e. The number of hydrogen-bond donors (Lipinski definition) is 3. The molecule has 0 spiro atoms. The Morgan fingerprint density at radius 3 is 2.44 bits per heavy atom. The summed E-state index contributed by atoms with van der Waals surface area (Å²) in [6.45, 7) is 3.80. The van der Waals surface area contributed by atoms with Gasteiger partial charge in [0.05, 0.1) is 23.6 Å². The average molecular weight is 614 g/mol. The minimum atomic E-state index is -4.57. The van der Waals surface area contributed by atoms with Gasteiger partial charge in [-0.2, -0.15) is 13.2 Å². The van der Waals surface area contributed by atoms with Crippen LogP contribution in [-0.4, -0.2) is 37.5 Å². The smallest absolute Gasteiger partial charge is 0.387 e. The van der Waals surface area contributed by atoms with Gasteiger partial charge in [0.1, 0.15) is 5.84 Å². The zero-order valence-electron chi connectivity index (χ0n) is 24.4. The Balaban J connectivity index is 0.00000220. The van der Waals surface area contributed by atoms with Crippen LogP contribution in [0, 0.1) is 7.43 Å². The third kappa shape index (κ3) is 6.08. The van der Waals surface area contributed by atoms with Crippen molar-refractivity contribution < 1.29 is 42.7 Å². The summed E-state index contributed by atoms with van der Waals surface area (Å²) in [5.41, 5.74) is 6.97. The number of alkyl halides is 3. The van der Waals surface area contributed by atoms with Gasteiger partial charge in [0, 0.05) is 57.0 Å². The molecule has 2 aromatic rings. The molecule has 2 fully saturated rings. The van der Waals surface area contributed by atoms with E-state index in [4.69, 9.17) is 10.5 Å². The van der Waals surface area contributed by atoms with Gasteiger partial charge in [0.2, 0.25) is 0 Å². The molecule has 3 aliphatic rings. The molecule has 1 amide bonds. The Morgan fingerprint density at radius 1 is 1.24 bits per heavy atom. The Morgan fingerprint density at radius 2 is 1.90 bits per heavy atom. The van der Waals surface area contributed by atoms with Gasteiger partial charge in [-0.05, 0) is 86.9 Å². The van der Waals surface area contributed by atoms with Crippen LogP contribution in [0.15, 0.2) is 41.4 Å². The van der Waals surface area contributed by atoms with Gasteiger partial charge in [0.25, 0.3) is 5.91 Å². The first-order chi connectivity index (χ1) is 17.9. The summed E-state index contributed by atoms with van der Waals surface area (Å²) in [7, 11) is 3.29. The number of carbonyl (C=O) groups is 1. The maximum absolute atomic E-state index is 14.2. The topological polar surface area (TPSA) is 115 Å². The number of methoxy groups -OCH3 is 1. The molecule has 2 saturated carbocycles. The summed E-state index contributed by atoms with van der Waals surface area (Å²) < 4.78 is 48.2. The number of aliphatic imine (C=N–C) groups is 1. The maximum atomic E-state index is 14.2. The van der Waals surface area contributed by atoms with Gasteiger partial charge in [-0.15, -0.1) is 0 Å². The summed E-state index contributed by atoms with van der Waals surface area (Å²) >= 11 is 0. The van der Waals surface area contributed by atoms with Crippen LogP contribution in [0.25, 0.3) is 0 Å². The fourth-order valence-electron chi connectivity index (χ4n) is 6.26. The SMILES string of the molecule is CN=C(N)C1(c2cccc(N3Cc4c(cc([C@@H](C)NC5(C)CCC5)cc4C(F)(F)F)C3=O)c2)CC(OC)C1.N.[CH3-].[HH].[V]. The molecular weight excluding hydrogens is 570 g/mol. The normalized spacial score (nSPS) is 23.7. The molecule has 1 radical (unpaired) electrons. The van der Waals surface area contributed by atoms with Crippen LogP contribution in [0.5, 0.6) is 0 Å². The van der Waals surface area contributed by atoms with Crippen LogP contribution in [0.4, 0.5) is 18.9 Å². The van der Waals surface area contributed by atoms with E-state index in [1.165, 1.54) is 11.0 Å². The van der Waals surface area contributed by atoms with Crippen LogP contribution in [0.1, 0.15) is 86.0 Å². The van der Waals surface area contributed by atoms with E-state index in [2.05, 4.69) is 17.2 Å². The standard InChI is InChI=1S/C29H35F3N4O2.CH3.H3N.V.H2/c1-17(35-27(2)9-6-10-27)18-11-22-23(24(12-18)29(30,31)32)16-36(25(22)37)20-8-5-7-19(13-20)28(26(33)34-3)14-21(15-28)38-4;;;;/h5,7-8,11-13,17,21,35H,6,9-10,14-16H2,1-4H3,(H2,33,34);2*1H3;;1H/q;-1;;;/t17-,21?,28?;;;;/m1..../s1. The minimum Gasteiger partial charge on any atom is -0.387 e. The van der Waals surface area contributed by atoms with Gasteiger partial charge in [-0.1, -0.05) is 12.1 Å². The van der Waals surface area contributed by atoms with Gasteiger partial charge < -0.3 is 34.3 Å². The molecule has 41 heavy (non-hydrogen) atoms. The molecule has 5 rings (SSSR count). The largest absolute Gasteiger partial charge is 0.416 e. The number of nitrogens with two attached hydrogens (primary N) is 1. The first-order valence-corrected chi connectivity index (χ1v) is 13.1.